The highest BCUT2D eigenvalue weighted by Crippen LogP contribution is 2.18. The first-order chi connectivity index (χ1) is 7.29. The molecule has 0 bridgehead atoms. The van der Waals surface area contributed by atoms with E-state index >= 15 is 0 Å². The van der Waals surface area contributed by atoms with Crippen molar-refractivity contribution in [1.82, 2.24) is 15.1 Å². The number of nitrogens with zero attached hydrogens (tertiary/aromatic N) is 2. The molecule has 0 radical (unpaired) electrons. The van der Waals surface area contributed by atoms with Gasteiger partial charge in [0.05, 0.1) is 11.4 Å². The van der Waals surface area contributed by atoms with E-state index in [0.29, 0.717) is 0 Å². The van der Waals surface area contributed by atoms with Crippen molar-refractivity contribution >= 4 is 0 Å². The Bertz CT molecular complexity index is 311. The fourth-order valence-electron chi connectivity index (χ4n) is 2.29. The molecule has 1 saturated carbocycles. The maximum absolute atomic E-state index is 4.45. The van der Waals surface area contributed by atoms with E-state index in [1.54, 1.807) is 0 Å². The molecule has 15 heavy (non-hydrogen) atoms. The zero-order valence-corrected chi connectivity index (χ0v) is 9.79. The van der Waals surface area contributed by atoms with E-state index in [-0.39, 0.29) is 0 Å². The van der Waals surface area contributed by atoms with Gasteiger partial charge in [0.25, 0.3) is 0 Å². The summed E-state index contributed by atoms with van der Waals surface area (Å²) in [7, 11) is 2.03. The van der Waals surface area contributed by atoms with E-state index in [4.69, 9.17) is 0 Å². The lowest BCUT2D eigenvalue weighted by Crippen LogP contribution is -2.26. The first-order valence-electron chi connectivity index (χ1n) is 6.04. The molecule has 0 unspecified atom stereocenters. The first kappa shape index (κ1) is 10.7. The van der Waals surface area contributed by atoms with Gasteiger partial charge in [-0.05, 0) is 25.3 Å². The summed E-state index contributed by atoms with van der Waals surface area (Å²) < 4.78 is 2.00. The lowest BCUT2D eigenvalue weighted by Gasteiger charge is -2.11. The maximum Gasteiger partial charge on any atom is 0.0625 e. The molecule has 2 rings (SSSR count). The van der Waals surface area contributed by atoms with Gasteiger partial charge in [0, 0.05) is 19.6 Å². The monoisotopic (exact) mass is 207 g/mol. The number of hydrogen-bond donors (Lipinski definition) is 1. The Morgan fingerprint density at radius 1 is 1.47 bits per heavy atom. The number of hydrogen-bond acceptors (Lipinski definition) is 2. The highest BCUT2D eigenvalue weighted by Gasteiger charge is 2.14. The van der Waals surface area contributed by atoms with Gasteiger partial charge in [-0.2, -0.15) is 5.10 Å². The van der Waals surface area contributed by atoms with Crippen molar-refractivity contribution < 1.29 is 0 Å². The van der Waals surface area contributed by atoms with Crippen LogP contribution >= 0.6 is 0 Å². The van der Waals surface area contributed by atoms with Crippen LogP contribution in [0.25, 0.3) is 0 Å². The van der Waals surface area contributed by atoms with Gasteiger partial charge < -0.3 is 5.32 Å². The highest BCUT2D eigenvalue weighted by atomic mass is 15.3. The summed E-state index contributed by atoms with van der Waals surface area (Å²) in [5.74, 6) is 0. The van der Waals surface area contributed by atoms with Crippen molar-refractivity contribution in [2.45, 2.75) is 51.6 Å². The lowest BCUT2D eigenvalue weighted by atomic mass is 10.2. The normalized spacial score (nSPS) is 17.5. The average Bonchev–Trinajstić information content (AvgIpc) is 2.84. The van der Waals surface area contributed by atoms with E-state index < -0.39 is 0 Å². The number of rotatable bonds is 4. The summed E-state index contributed by atoms with van der Waals surface area (Å²) in [6.45, 7) is 3.12. The van der Waals surface area contributed by atoms with Crippen LogP contribution in [0.2, 0.25) is 0 Å². The minimum Gasteiger partial charge on any atom is -0.308 e. The fraction of sp³-hybridized carbons (Fsp3) is 0.750. The first-order valence-corrected chi connectivity index (χ1v) is 6.04. The van der Waals surface area contributed by atoms with Crippen molar-refractivity contribution in [3.63, 3.8) is 0 Å². The van der Waals surface area contributed by atoms with Crippen LogP contribution in [0, 0.1) is 0 Å². The Labute approximate surface area is 91.9 Å². The summed E-state index contributed by atoms with van der Waals surface area (Å²) in [6.07, 6.45) is 6.50. The smallest absolute Gasteiger partial charge is 0.0625 e. The maximum atomic E-state index is 4.45. The van der Waals surface area contributed by atoms with Crippen LogP contribution in [0.4, 0.5) is 0 Å². The SMILES string of the molecule is CCc1cc(CNC2CCCC2)n(C)n1. The molecule has 84 valence electrons. The van der Waals surface area contributed by atoms with Crippen molar-refractivity contribution in [3.8, 4) is 0 Å². The Hall–Kier alpha value is -0.830. The van der Waals surface area contributed by atoms with E-state index in [1.807, 2.05) is 11.7 Å². The molecule has 0 aliphatic heterocycles. The summed E-state index contributed by atoms with van der Waals surface area (Å²) in [6, 6.07) is 2.95. The molecule has 0 atom stereocenters. The standard InChI is InChI=1S/C12H21N3/c1-3-10-8-12(15(2)14-10)9-13-11-6-4-5-7-11/h8,11,13H,3-7,9H2,1-2H3. The van der Waals surface area contributed by atoms with Gasteiger partial charge in [0.1, 0.15) is 0 Å². The van der Waals surface area contributed by atoms with Gasteiger partial charge in [-0.1, -0.05) is 19.8 Å². The molecule has 3 heteroatoms. The third-order valence-corrected chi connectivity index (χ3v) is 3.32. The van der Waals surface area contributed by atoms with Crippen molar-refractivity contribution in [1.29, 1.82) is 0 Å². The van der Waals surface area contributed by atoms with E-state index in [1.165, 1.54) is 37.1 Å². The molecule has 1 aromatic heterocycles. The van der Waals surface area contributed by atoms with Crippen molar-refractivity contribution in [2.75, 3.05) is 0 Å². The molecule has 0 aromatic carbocycles. The van der Waals surface area contributed by atoms with Crippen LogP contribution in [0.15, 0.2) is 6.07 Å². The van der Waals surface area contributed by atoms with Crippen molar-refractivity contribution in [2.24, 2.45) is 7.05 Å². The second kappa shape index (κ2) is 4.79. The zero-order valence-electron chi connectivity index (χ0n) is 9.79. The predicted octanol–water partition coefficient (Wildman–Crippen LogP) is 2.01. The molecule has 1 aliphatic carbocycles. The van der Waals surface area contributed by atoms with Gasteiger partial charge in [-0.15, -0.1) is 0 Å². The molecular weight excluding hydrogens is 186 g/mol. The van der Waals surface area contributed by atoms with E-state index in [0.717, 1.165) is 19.0 Å². The molecule has 0 amide bonds. The Kier molecular flexibility index (Phi) is 3.41. The molecule has 0 spiro atoms. The van der Waals surface area contributed by atoms with Crippen LogP contribution in [-0.2, 0) is 20.0 Å². The van der Waals surface area contributed by atoms with Crippen LogP contribution in [0.3, 0.4) is 0 Å². The van der Waals surface area contributed by atoms with E-state index in [2.05, 4.69) is 23.4 Å². The largest absolute Gasteiger partial charge is 0.308 e. The third kappa shape index (κ3) is 2.59. The minimum atomic E-state index is 0.741. The molecule has 1 aliphatic rings. The van der Waals surface area contributed by atoms with Gasteiger partial charge in [0.15, 0.2) is 0 Å². The van der Waals surface area contributed by atoms with Crippen LogP contribution < -0.4 is 5.32 Å². The predicted molar refractivity (Wildman–Crippen MR) is 61.7 cm³/mol. The Balaban J connectivity index is 1.89. The minimum absolute atomic E-state index is 0.741. The molecule has 0 saturated heterocycles. The molecule has 1 N–H and O–H groups in total. The highest BCUT2D eigenvalue weighted by molar-refractivity contribution is 5.10. The fourth-order valence-corrected chi connectivity index (χ4v) is 2.29. The lowest BCUT2D eigenvalue weighted by molar-refractivity contribution is 0.507. The van der Waals surface area contributed by atoms with E-state index in [9.17, 15) is 0 Å². The van der Waals surface area contributed by atoms with Crippen LogP contribution in [-0.4, -0.2) is 15.8 Å². The summed E-state index contributed by atoms with van der Waals surface area (Å²) >= 11 is 0. The van der Waals surface area contributed by atoms with Crippen LogP contribution in [0.5, 0.6) is 0 Å². The second-order valence-corrected chi connectivity index (χ2v) is 4.47. The molecule has 1 aromatic rings. The summed E-state index contributed by atoms with van der Waals surface area (Å²) in [5, 5.41) is 8.07. The topological polar surface area (TPSA) is 29.9 Å². The van der Waals surface area contributed by atoms with Gasteiger partial charge in [0.2, 0.25) is 0 Å². The average molecular weight is 207 g/mol. The quantitative estimate of drug-likeness (QED) is 0.818. The molecule has 1 fully saturated rings. The third-order valence-electron chi connectivity index (χ3n) is 3.32. The number of aromatic nitrogens is 2. The van der Waals surface area contributed by atoms with Gasteiger partial charge in [-0.3, -0.25) is 4.68 Å². The summed E-state index contributed by atoms with van der Waals surface area (Å²) in [5.41, 5.74) is 2.50. The zero-order chi connectivity index (χ0) is 10.7. The Morgan fingerprint density at radius 2 is 2.20 bits per heavy atom. The van der Waals surface area contributed by atoms with Crippen LogP contribution in [0.1, 0.15) is 44.0 Å². The number of nitrogens with one attached hydrogen (secondary N) is 1. The van der Waals surface area contributed by atoms with Gasteiger partial charge in [-0.25, -0.2) is 0 Å². The summed E-state index contributed by atoms with van der Waals surface area (Å²) in [4.78, 5) is 0. The number of aryl methyl sites for hydroxylation is 2. The molecular formula is C12H21N3. The molecule has 3 nitrogen and oxygen atoms in total. The van der Waals surface area contributed by atoms with Crippen molar-refractivity contribution in [3.05, 3.63) is 17.5 Å². The van der Waals surface area contributed by atoms with Gasteiger partial charge >= 0.3 is 0 Å². The molecule has 1 heterocycles. The second-order valence-electron chi connectivity index (χ2n) is 4.47. The Morgan fingerprint density at radius 3 is 2.80 bits per heavy atom.